The van der Waals surface area contributed by atoms with Crippen LogP contribution in [0.1, 0.15) is 36.0 Å². The highest BCUT2D eigenvalue weighted by atomic mass is 16.5. The largest absolute Gasteiger partial charge is 0.465 e. The molecule has 2 rings (SSSR count). The zero-order chi connectivity index (χ0) is 13.8. The maximum Gasteiger partial charge on any atom is 0.339 e. The van der Waals surface area contributed by atoms with Crippen molar-refractivity contribution in [1.29, 1.82) is 0 Å². The van der Waals surface area contributed by atoms with E-state index in [9.17, 15) is 4.79 Å². The quantitative estimate of drug-likeness (QED) is 0.848. The lowest BCUT2D eigenvalue weighted by molar-refractivity contribution is 0.0601. The lowest BCUT2D eigenvalue weighted by Crippen LogP contribution is -2.39. The predicted octanol–water partition coefficient (Wildman–Crippen LogP) is 2.18. The van der Waals surface area contributed by atoms with Gasteiger partial charge in [-0.3, -0.25) is 0 Å². The Balaban J connectivity index is 2.19. The lowest BCUT2D eigenvalue weighted by Gasteiger charge is -2.35. The molecule has 0 heterocycles. The Morgan fingerprint density at radius 3 is 2.53 bits per heavy atom. The van der Waals surface area contributed by atoms with E-state index in [0.29, 0.717) is 17.6 Å². The minimum absolute atomic E-state index is 0.282. The Hall–Kier alpha value is -1.55. The zero-order valence-corrected chi connectivity index (χ0v) is 11.6. The number of ether oxygens (including phenoxy) is 1. The van der Waals surface area contributed by atoms with Crippen molar-refractivity contribution in [3.8, 4) is 0 Å². The van der Waals surface area contributed by atoms with Crippen LogP contribution in [0, 0.1) is 0 Å². The minimum Gasteiger partial charge on any atom is -0.465 e. The second kappa shape index (κ2) is 6.06. The maximum atomic E-state index is 11.8. The molecule has 0 aromatic heterocycles. The number of esters is 1. The summed E-state index contributed by atoms with van der Waals surface area (Å²) in [6.07, 6.45) is 4.26. The van der Waals surface area contributed by atoms with Gasteiger partial charge in [-0.15, -0.1) is 0 Å². The molecule has 1 aromatic rings. The van der Waals surface area contributed by atoms with Gasteiger partial charge in [-0.05, 0) is 37.8 Å². The molecule has 0 saturated heterocycles. The van der Waals surface area contributed by atoms with Gasteiger partial charge in [0.05, 0.1) is 18.4 Å². The molecule has 0 radical (unpaired) electrons. The highest BCUT2D eigenvalue weighted by Crippen LogP contribution is 2.28. The minimum atomic E-state index is -0.282. The molecule has 4 nitrogen and oxygen atoms in total. The highest BCUT2D eigenvalue weighted by molar-refractivity contribution is 5.95. The van der Waals surface area contributed by atoms with Crippen LogP contribution in [0.4, 0.5) is 5.69 Å². The molecular weight excluding hydrogens is 240 g/mol. The number of nitrogens with zero attached hydrogens (tertiary/aromatic N) is 1. The Kier molecular flexibility index (Phi) is 4.43. The summed E-state index contributed by atoms with van der Waals surface area (Å²) >= 11 is 0. The van der Waals surface area contributed by atoms with E-state index < -0.39 is 0 Å². The van der Waals surface area contributed by atoms with Crippen molar-refractivity contribution < 1.29 is 9.53 Å². The molecule has 1 aliphatic rings. The van der Waals surface area contributed by atoms with Crippen molar-refractivity contribution >= 4 is 11.7 Å². The molecule has 1 saturated carbocycles. The monoisotopic (exact) mass is 262 g/mol. The first-order valence-electron chi connectivity index (χ1n) is 6.79. The molecule has 1 aromatic carbocycles. The smallest absolute Gasteiger partial charge is 0.339 e. The molecule has 0 aliphatic heterocycles. The normalized spacial score (nSPS) is 22.9. The van der Waals surface area contributed by atoms with Crippen LogP contribution in [0.2, 0.25) is 0 Å². The van der Waals surface area contributed by atoms with Crippen LogP contribution in [0.25, 0.3) is 0 Å². The van der Waals surface area contributed by atoms with E-state index in [-0.39, 0.29) is 5.97 Å². The standard InChI is InChI=1S/C15H22N2O2/c1-17(12-9-7-11(16)8-10-12)14-6-4-3-5-13(14)15(18)19-2/h3-6,11-12H,7-10,16H2,1-2H3. The van der Waals surface area contributed by atoms with Gasteiger partial charge in [-0.1, -0.05) is 12.1 Å². The van der Waals surface area contributed by atoms with Crippen LogP contribution in [0.15, 0.2) is 24.3 Å². The van der Waals surface area contributed by atoms with Gasteiger partial charge in [0.1, 0.15) is 0 Å². The third kappa shape index (κ3) is 3.07. The Labute approximate surface area is 114 Å². The molecule has 0 unspecified atom stereocenters. The average Bonchev–Trinajstić information content (AvgIpc) is 2.46. The number of carbonyl (C=O) groups excluding carboxylic acids is 1. The van der Waals surface area contributed by atoms with Gasteiger partial charge < -0.3 is 15.4 Å². The van der Waals surface area contributed by atoms with E-state index >= 15 is 0 Å². The lowest BCUT2D eigenvalue weighted by atomic mass is 9.90. The van der Waals surface area contributed by atoms with Gasteiger partial charge in [0.15, 0.2) is 0 Å². The van der Waals surface area contributed by atoms with Crippen molar-refractivity contribution in [3.05, 3.63) is 29.8 Å². The fraction of sp³-hybridized carbons (Fsp3) is 0.533. The second-order valence-electron chi connectivity index (χ2n) is 5.19. The molecule has 104 valence electrons. The summed E-state index contributed by atoms with van der Waals surface area (Å²) < 4.78 is 4.85. The van der Waals surface area contributed by atoms with Crippen molar-refractivity contribution in [2.24, 2.45) is 5.73 Å². The van der Waals surface area contributed by atoms with Gasteiger partial charge in [-0.25, -0.2) is 4.79 Å². The molecule has 0 atom stereocenters. The van der Waals surface area contributed by atoms with Crippen LogP contribution in [-0.4, -0.2) is 32.2 Å². The first-order valence-corrected chi connectivity index (χ1v) is 6.79. The van der Waals surface area contributed by atoms with E-state index in [2.05, 4.69) is 4.90 Å². The number of hydrogen-bond acceptors (Lipinski definition) is 4. The molecule has 0 bridgehead atoms. The fourth-order valence-corrected chi connectivity index (χ4v) is 2.75. The van der Waals surface area contributed by atoms with Crippen molar-refractivity contribution in [1.82, 2.24) is 0 Å². The average molecular weight is 262 g/mol. The van der Waals surface area contributed by atoms with Crippen molar-refractivity contribution in [2.75, 3.05) is 19.1 Å². The third-order valence-corrected chi connectivity index (χ3v) is 3.98. The number of para-hydroxylation sites is 1. The number of anilines is 1. The summed E-state index contributed by atoms with van der Waals surface area (Å²) in [5.74, 6) is -0.282. The second-order valence-corrected chi connectivity index (χ2v) is 5.19. The molecule has 1 aliphatic carbocycles. The topological polar surface area (TPSA) is 55.6 Å². The van der Waals surface area contributed by atoms with Gasteiger partial charge in [-0.2, -0.15) is 0 Å². The first kappa shape index (κ1) is 13.9. The number of methoxy groups -OCH3 is 1. The van der Waals surface area contributed by atoms with E-state index in [4.69, 9.17) is 10.5 Å². The molecule has 1 fully saturated rings. The molecule has 0 spiro atoms. The van der Waals surface area contributed by atoms with Crippen molar-refractivity contribution in [2.45, 2.75) is 37.8 Å². The summed E-state index contributed by atoms with van der Waals surface area (Å²) in [7, 11) is 3.46. The van der Waals surface area contributed by atoms with Gasteiger partial charge in [0.25, 0.3) is 0 Å². The van der Waals surface area contributed by atoms with Crippen LogP contribution in [0.3, 0.4) is 0 Å². The fourth-order valence-electron chi connectivity index (χ4n) is 2.75. The maximum absolute atomic E-state index is 11.8. The van der Waals surface area contributed by atoms with Crippen molar-refractivity contribution in [3.63, 3.8) is 0 Å². The van der Waals surface area contributed by atoms with Crippen LogP contribution < -0.4 is 10.6 Å². The number of benzene rings is 1. The Morgan fingerprint density at radius 2 is 1.89 bits per heavy atom. The Bertz CT molecular complexity index is 440. The van der Waals surface area contributed by atoms with E-state index in [0.717, 1.165) is 31.4 Å². The summed E-state index contributed by atoms with van der Waals surface area (Å²) in [6, 6.07) is 8.38. The summed E-state index contributed by atoms with van der Waals surface area (Å²) in [5.41, 5.74) is 7.51. The van der Waals surface area contributed by atoms with E-state index in [1.54, 1.807) is 0 Å². The predicted molar refractivity (Wildman–Crippen MR) is 76.4 cm³/mol. The molecule has 0 amide bonds. The summed E-state index contributed by atoms with van der Waals surface area (Å²) in [6.45, 7) is 0. The number of hydrogen-bond donors (Lipinski definition) is 1. The first-order chi connectivity index (χ1) is 9.13. The zero-order valence-electron chi connectivity index (χ0n) is 11.6. The highest BCUT2D eigenvalue weighted by Gasteiger charge is 2.24. The number of carbonyl (C=O) groups is 1. The third-order valence-electron chi connectivity index (χ3n) is 3.98. The van der Waals surface area contributed by atoms with E-state index in [1.165, 1.54) is 7.11 Å². The SMILES string of the molecule is COC(=O)c1ccccc1N(C)C1CCC(N)CC1. The van der Waals surface area contributed by atoms with Crippen LogP contribution in [0.5, 0.6) is 0 Å². The van der Waals surface area contributed by atoms with Gasteiger partial charge >= 0.3 is 5.97 Å². The summed E-state index contributed by atoms with van der Waals surface area (Å²) in [5, 5.41) is 0. The van der Waals surface area contributed by atoms with Crippen LogP contribution in [-0.2, 0) is 4.74 Å². The molecule has 4 heteroatoms. The molecule has 2 N–H and O–H groups in total. The van der Waals surface area contributed by atoms with Crippen LogP contribution >= 0.6 is 0 Å². The number of rotatable bonds is 3. The van der Waals surface area contributed by atoms with Gasteiger partial charge in [0.2, 0.25) is 0 Å². The van der Waals surface area contributed by atoms with E-state index in [1.807, 2.05) is 31.3 Å². The summed E-state index contributed by atoms with van der Waals surface area (Å²) in [4.78, 5) is 14.0. The number of nitrogens with two attached hydrogens (primary N) is 1. The van der Waals surface area contributed by atoms with Gasteiger partial charge in [0, 0.05) is 19.1 Å². The molecule has 19 heavy (non-hydrogen) atoms. The molecular formula is C15H22N2O2. The Morgan fingerprint density at radius 1 is 1.26 bits per heavy atom.